The second kappa shape index (κ2) is 4.09. The Morgan fingerprint density at radius 1 is 1.13 bits per heavy atom. The van der Waals surface area contributed by atoms with Crippen molar-refractivity contribution in [3.8, 4) is 17.0 Å². The second-order valence-electron chi connectivity index (χ2n) is 3.25. The van der Waals surface area contributed by atoms with E-state index in [-0.39, 0.29) is 0 Å². The first-order chi connectivity index (χ1) is 7.31. The summed E-state index contributed by atoms with van der Waals surface area (Å²) in [6.07, 6.45) is 3.51. The highest BCUT2D eigenvalue weighted by Gasteiger charge is 2.05. The van der Waals surface area contributed by atoms with Gasteiger partial charge in [0.05, 0.1) is 7.11 Å². The van der Waals surface area contributed by atoms with Crippen LogP contribution in [0.25, 0.3) is 11.1 Å². The van der Waals surface area contributed by atoms with Crippen LogP contribution < -0.4 is 4.74 Å². The molecule has 0 atom stereocenters. The van der Waals surface area contributed by atoms with Crippen molar-refractivity contribution in [1.82, 2.24) is 9.97 Å². The van der Waals surface area contributed by atoms with Crippen LogP contribution in [0.1, 0.15) is 5.69 Å². The predicted octanol–water partition coefficient (Wildman–Crippen LogP) is 2.46. The Hall–Kier alpha value is -1.90. The zero-order valence-corrected chi connectivity index (χ0v) is 8.77. The van der Waals surface area contributed by atoms with E-state index in [1.807, 2.05) is 31.2 Å². The first-order valence-corrected chi connectivity index (χ1v) is 4.73. The van der Waals surface area contributed by atoms with Crippen LogP contribution in [-0.2, 0) is 0 Å². The fourth-order valence-corrected chi connectivity index (χ4v) is 1.49. The van der Waals surface area contributed by atoms with Gasteiger partial charge in [0, 0.05) is 23.7 Å². The molecule has 0 amide bonds. The molecule has 0 unspecified atom stereocenters. The Morgan fingerprint density at radius 3 is 2.73 bits per heavy atom. The number of nitrogens with zero attached hydrogens (tertiary/aromatic N) is 2. The number of rotatable bonds is 2. The van der Waals surface area contributed by atoms with Crippen LogP contribution >= 0.6 is 0 Å². The standard InChI is InChI=1S/C12H12N2O/c1-9-8-10(5-7-13-9)11-4-3-6-14-12(11)15-2/h3-8H,1-2H3. The number of pyridine rings is 2. The van der Waals surface area contributed by atoms with E-state index in [2.05, 4.69) is 9.97 Å². The SMILES string of the molecule is COc1ncccc1-c1ccnc(C)c1. The van der Waals surface area contributed by atoms with Crippen molar-refractivity contribution >= 4 is 0 Å². The van der Waals surface area contributed by atoms with Crippen LogP contribution in [0.15, 0.2) is 36.7 Å². The molecular weight excluding hydrogens is 188 g/mol. The normalized spacial score (nSPS) is 10.0. The van der Waals surface area contributed by atoms with E-state index >= 15 is 0 Å². The third-order valence-corrected chi connectivity index (χ3v) is 2.17. The molecule has 3 nitrogen and oxygen atoms in total. The average Bonchev–Trinajstić information content (AvgIpc) is 2.29. The van der Waals surface area contributed by atoms with E-state index in [0.29, 0.717) is 5.88 Å². The van der Waals surface area contributed by atoms with Crippen LogP contribution in [-0.4, -0.2) is 17.1 Å². The zero-order valence-electron chi connectivity index (χ0n) is 8.77. The van der Waals surface area contributed by atoms with Gasteiger partial charge in [-0.3, -0.25) is 4.98 Å². The van der Waals surface area contributed by atoms with E-state index in [1.165, 1.54) is 0 Å². The molecule has 2 heterocycles. The molecule has 2 rings (SSSR count). The van der Waals surface area contributed by atoms with Crippen LogP contribution in [0.4, 0.5) is 0 Å². The van der Waals surface area contributed by atoms with Gasteiger partial charge in [-0.15, -0.1) is 0 Å². The molecule has 0 fully saturated rings. The molecule has 76 valence electrons. The lowest BCUT2D eigenvalue weighted by Crippen LogP contribution is -1.91. The van der Waals surface area contributed by atoms with Crippen molar-refractivity contribution < 1.29 is 4.74 Å². The van der Waals surface area contributed by atoms with Crippen molar-refractivity contribution in [2.45, 2.75) is 6.92 Å². The maximum atomic E-state index is 5.21. The number of hydrogen-bond acceptors (Lipinski definition) is 3. The van der Waals surface area contributed by atoms with Crippen molar-refractivity contribution in [3.05, 3.63) is 42.4 Å². The van der Waals surface area contributed by atoms with Gasteiger partial charge in [-0.25, -0.2) is 4.98 Å². The minimum absolute atomic E-state index is 0.642. The van der Waals surface area contributed by atoms with Gasteiger partial charge in [-0.05, 0) is 36.8 Å². The van der Waals surface area contributed by atoms with Gasteiger partial charge in [0.25, 0.3) is 0 Å². The van der Waals surface area contributed by atoms with E-state index in [4.69, 9.17) is 4.74 Å². The molecule has 0 saturated heterocycles. The Morgan fingerprint density at radius 2 is 2.00 bits per heavy atom. The molecule has 2 aromatic rings. The lowest BCUT2D eigenvalue weighted by atomic mass is 10.1. The minimum atomic E-state index is 0.642. The van der Waals surface area contributed by atoms with Gasteiger partial charge in [0.1, 0.15) is 0 Å². The summed E-state index contributed by atoms with van der Waals surface area (Å²) in [6.45, 7) is 1.96. The highest BCUT2D eigenvalue weighted by molar-refractivity contribution is 5.68. The Labute approximate surface area is 88.8 Å². The summed E-state index contributed by atoms with van der Waals surface area (Å²) in [6, 6.07) is 7.85. The largest absolute Gasteiger partial charge is 0.481 e. The van der Waals surface area contributed by atoms with Crippen molar-refractivity contribution in [2.75, 3.05) is 7.11 Å². The summed E-state index contributed by atoms with van der Waals surface area (Å²) in [4.78, 5) is 8.32. The molecule has 0 aliphatic rings. The quantitative estimate of drug-likeness (QED) is 0.747. The summed E-state index contributed by atoms with van der Waals surface area (Å²) in [5.41, 5.74) is 3.05. The Bertz CT molecular complexity index is 469. The fraction of sp³-hybridized carbons (Fsp3) is 0.167. The van der Waals surface area contributed by atoms with E-state index in [9.17, 15) is 0 Å². The van der Waals surface area contributed by atoms with Crippen LogP contribution in [0.3, 0.4) is 0 Å². The van der Waals surface area contributed by atoms with Gasteiger partial charge in [-0.1, -0.05) is 0 Å². The molecule has 15 heavy (non-hydrogen) atoms. The Balaban J connectivity index is 2.53. The highest BCUT2D eigenvalue weighted by Crippen LogP contribution is 2.27. The molecule has 0 saturated carbocycles. The van der Waals surface area contributed by atoms with Gasteiger partial charge in [-0.2, -0.15) is 0 Å². The summed E-state index contributed by atoms with van der Waals surface area (Å²) < 4.78 is 5.21. The maximum absolute atomic E-state index is 5.21. The fourth-order valence-electron chi connectivity index (χ4n) is 1.49. The summed E-state index contributed by atoms with van der Waals surface area (Å²) in [7, 11) is 1.62. The third-order valence-electron chi connectivity index (χ3n) is 2.17. The lowest BCUT2D eigenvalue weighted by Gasteiger charge is -2.06. The molecular formula is C12H12N2O. The van der Waals surface area contributed by atoms with Crippen molar-refractivity contribution in [3.63, 3.8) is 0 Å². The van der Waals surface area contributed by atoms with Crippen molar-refractivity contribution in [2.24, 2.45) is 0 Å². The number of aryl methyl sites for hydroxylation is 1. The predicted molar refractivity (Wildman–Crippen MR) is 58.8 cm³/mol. The summed E-state index contributed by atoms with van der Waals surface area (Å²) in [5, 5.41) is 0. The molecule has 0 aromatic carbocycles. The zero-order chi connectivity index (χ0) is 10.7. The molecule has 0 aliphatic carbocycles. The maximum Gasteiger partial charge on any atom is 0.221 e. The molecule has 0 aliphatic heterocycles. The number of ether oxygens (including phenoxy) is 1. The molecule has 0 bridgehead atoms. The number of aromatic nitrogens is 2. The lowest BCUT2D eigenvalue weighted by molar-refractivity contribution is 0.399. The first kappa shape index (κ1) is 9.65. The first-order valence-electron chi connectivity index (χ1n) is 4.73. The molecule has 0 N–H and O–H groups in total. The number of methoxy groups -OCH3 is 1. The molecule has 2 aromatic heterocycles. The van der Waals surface area contributed by atoms with Gasteiger partial charge >= 0.3 is 0 Å². The summed E-state index contributed by atoms with van der Waals surface area (Å²) >= 11 is 0. The van der Waals surface area contributed by atoms with Crippen LogP contribution in [0.2, 0.25) is 0 Å². The van der Waals surface area contributed by atoms with Gasteiger partial charge < -0.3 is 4.74 Å². The molecule has 3 heteroatoms. The molecule has 0 radical (unpaired) electrons. The van der Waals surface area contributed by atoms with E-state index in [1.54, 1.807) is 19.5 Å². The summed E-state index contributed by atoms with van der Waals surface area (Å²) in [5.74, 6) is 0.642. The number of hydrogen-bond donors (Lipinski definition) is 0. The van der Waals surface area contributed by atoms with E-state index < -0.39 is 0 Å². The van der Waals surface area contributed by atoms with Gasteiger partial charge in [0.2, 0.25) is 5.88 Å². The molecule has 0 spiro atoms. The smallest absolute Gasteiger partial charge is 0.221 e. The third kappa shape index (κ3) is 1.96. The monoisotopic (exact) mass is 200 g/mol. The van der Waals surface area contributed by atoms with Crippen LogP contribution in [0, 0.1) is 6.92 Å². The minimum Gasteiger partial charge on any atom is -0.481 e. The average molecular weight is 200 g/mol. The van der Waals surface area contributed by atoms with E-state index in [0.717, 1.165) is 16.8 Å². The van der Waals surface area contributed by atoms with Crippen LogP contribution in [0.5, 0.6) is 5.88 Å². The highest BCUT2D eigenvalue weighted by atomic mass is 16.5. The topological polar surface area (TPSA) is 35.0 Å². The second-order valence-corrected chi connectivity index (χ2v) is 3.25. The van der Waals surface area contributed by atoms with Crippen molar-refractivity contribution in [1.29, 1.82) is 0 Å². The van der Waals surface area contributed by atoms with Gasteiger partial charge in [0.15, 0.2) is 0 Å². The Kier molecular flexibility index (Phi) is 2.63.